The summed E-state index contributed by atoms with van der Waals surface area (Å²) in [4.78, 5) is 33.0. The van der Waals surface area contributed by atoms with Crippen LogP contribution in [-0.2, 0) is 21.5 Å². The van der Waals surface area contributed by atoms with Crippen molar-refractivity contribution in [2.24, 2.45) is 11.8 Å². The third kappa shape index (κ3) is 4.79. The van der Waals surface area contributed by atoms with Crippen LogP contribution in [0.25, 0.3) is 0 Å². The second-order valence-electron chi connectivity index (χ2n) is 12.0. The Bertz CT molecular complexity index is 1010. The van der Waals surface area contributed by atoms with Gasteiger partial charge in [-0.15, -0.1) is 0 Å². The number of rotatable bonds is 5. The molecule has 0 radical (unpaired) electrons. The highest BCUT2D eigenvalue weighted by atomic mass is 16.2. The Morgan fingerprint density at radius 3 is 2.39 bits per heavy atom. The molecule has 194 valence electrons. The van der Waals surface area contributed by atoms with Crippen molar-refractivity contribution in [1.82, 2.24) is 14.7 Å². The summed E-state index contributed by atoms with van der Waals surface area (Å²) < 4.78 is 0. The Morgan fingerprint density at radius 2 is 1.72 bits per heavy atom. The van der Waals surface area contributed by atoms with Crippen molar-refractivity contribution in [1.29, 1.82) is 5.26 Å². The lowest BCUT2D eigenvalue weighted by atomic mass is 9.67. The minimum absolute atomic E-state index is 0.216. The summed E-state index contributed by atoms with van der Waals surface area (Å²) in [6.07, 6.45) is 9.54. The van der Waals surface area contributed by atoms with E-state index < -0.39 is 5.41 Å². The smallest absolute Gasteiger partial charge is 0.233 e. The highest BCUT2D eigenvalue weighted by Gasteiger charge is 2.49. The molecule has 1 saturated carbocycles. The first-order valence-corrected chi connectivity index (χ1v) is 14.3. The summed E-state index contributed by atoms with van der Waals surface area (Å²) in [5.74, 6) is 2.08. The molecule has 1 aromatic rings. The van der Waals surface area contributed by atoms with Crippen molar-refractivity contribution in [3.8, 4) is 6.07 Å². The molecule has 1 aromatic carbocycles. The van der Waals surface area contributed by atoms with Gasteiger partial charge in [0.25, 0.3) is 0 Å². The minimum Gasteiger partial charge on any atom is -0.341 e. The van der Waals surface area contributed by atoms with Crippen molar-refractivity contribution in [2.75, 3.05) is 32.7 Å². The number of likely N-dealkylation sites (tertiary alicyclic amines) is 2. The molecule has 1 aliphatic carbocycles. The maximum Gasteiger partial charge on any atom is 0.233 e. The minimum atomic E-state index is -0.501. The van der Waals surface area contributed by atoms with E-state index in [4.69, 9.17) is 0 Å². The second-order valence-corrected chi connectivity index (χ2v) is 12.0. The van der Waals surface area contributed by atoms with Crippen molar-refractivity contribution >= 4 is 11.8 Å². The average molecular weight is 491 g/mol. The normalized spacial score (nSPS) is 26.8. The van der Waals surface area contributed by atoms with E-state index >= 15 is 0 Å². The Morgan fingerprint density at radius 1 is 1.00 bits per heavy atom. The average Bonchev–Trinajstić information content (AvgIpc) is 2.91. The number of carbonyl (C=O) groups excluding carboxylic acids is 2. The predicted octanol–water partition coefficient (Wildman–Crippen LogP) is 4.46. The van der Waals surface area contributed by atoms with E-state index in [1.165, 1.54) is 25.7 Å². The third-order valence-corrected chi connectivity index (χ3v) is 9.72. The van der Waals surface area contributed by atoms with Crippen LogP contribution in [0, 0.1) is 23.2 Å². The molecule has 3 heterocycles. The molecule has 0 unspecified atom stereocenters. The van der Waals surface area contributed by atoms with Crippen LogP contribution in [0.15, 0.2) is 18.2 Å². The number of carbonyl (C=O) groups is 2. The van der Waals surface area contributed by atoms with E-state index in [-0.39, 0.29) is 11.8 Å². The van der Waals surface area contributed by atoms with Gasteiger partial charge < -0.3 is 14.7 Å². The fourth-order valence-electron chi connectivity index (χ4n) is 7.36. The van der Waals surface area contributed by atoms with Crippen LogP contribution in [0.3, 0.4) is 0 Å². The summed E-state index contributed by atoms with van der Waals surface area (Å²) in [7, 11) is 0. The zero-order valence-corrected chi connectivity index (χ0v) is 22.2. The zero-order chi connectivity index (χ0) is 25.3. The maximum absolute atomic E-state index is 14.1. The number of nitrogens with zero attached hydrogens (tertiary/aromatic N) is 4. The number of benzene rings is 1. The monoisotopic (exact) mass is 490 g/mol. The maximum atomic E-state index is 14.1. The number of piperidine rings is 2. The lowest BCUT2D eigenvalue weighted by molar-refractivity contribution is -0.144. The molecule has 6 heteroatoms. The van der Waals surface area contributed by atoms with E-state index in [9.17, 15) is 14.9 Å². The largest absolute Gasteiger partial charge is 0.341 e. The van der Waals surface area contributed by atoms with Crippen LogP contribution in [0.4, 0.5) is 0 Å². The van der Waals surface area contributed by atoms with E-state index in [2.05, 4.69) is 30.9 Å². The summed E-state index contributed by atoms with van der Waals surface area (Å²) in [5, 5.41) is 9.51. The number of hydrogen-bond donors (Lipinski definition) is 0. The van der Waals surface area contributed by atoms with Crippen molar-refractivity contribution < 1.29 is 9.59 Å². The Balaban J connectivity index is 1.32. The molecule has 2 amide bonds. The molecule has 0 atom stereocenters. The second kappa shape index (κ2) is 10.5. The van der Waals surface area contributed by atoms with Gasteiger partial charge in [-0.05, 0) is 99.6 Å². The molecule has 6 nitrogen and oxygen atoms in total. The fraction of sp³-hybridized carbons (Fsp3) is 0.700. The van der Waals surface area contributed by atoms with Crippen LogP contribution in [0.5, 0.6) is 0 Å². The van der Waals surface area contributed by atoms with Gasteiger partial charge in [-0.1, -0.05) is 19.9 Å². The van der Waals surface area contributed by atoms with Gasteiger partial charge in [0.2, 0.25) is 11.8 Å². The van der Waals surface area contributed by atoms with Gasteiger partial charge in [-0.2, -0.15) is 5.26 Å². The van der Waals surface area contributed by atoms with E-state index in [0.29, 0.717) is 37.7 Å². The number of hydrogen-bond acceptors (Lipinski definition) is 4. The lowest BCUT2D eigenvalue weighted by Gasteiger charge is -2.50. The standard InChI is InChI=1S/C30H42N4O2/c1-22(2)24-7-9-26(10-8-24)32-15-12-30(13-16-32)27-11-6-23(20-31)19-25(27)21-34(29(30)36)18-17-33-14-4-3-5-28(33)35/h6,11,19,22,24,26H,3-5,7-10,12-18,21H2,1-2H3. The molecule has 0 aromatic heterocycles. The number of fused-ring (bicyclic) bond motifs is 2. The molecule has 4 aliphatic rings. The summed E-state index contributed by atoms with van der Waals surface area (Å²) >= 11 is 0. The first-order valence-electron chi connectivity index (χ1n) is 14.3. The highest BCUT2D eigenvalue weighted by Crippen LogP contribution is 2.44. The molecule has 0 bridgehead atoms. The van der Waals surface area contributed by atoms with E-state index in [0.717, 1.165) is 68.3 Å². The Kier molecular flexibility index (Phi) is 7.40. The first-order chi connectivity index (χ1) is 17.4. The van der Waals surface area contributed by atoms with E-state index in [1.807, 2.05) is 21.9 Å². The number of nitriles is 1. The highest BCUT2D eigenvalue weighted by molar-refractivity contribution is 5.90. The lowest BCUT2D eigenvalue weighted by Crippen LogP contribution is -2.58. The SMILES string of the molecule is CC(C)C1CCC(N2CCC3(CC2)C(=O)N(CCN2CCCCC2=O)Cc2cc(C#N)ccc23)CC1. The Hall–Kier alpha value is -2.39. The van der Waals surface area contributed by atoms with Crippen LogP contribution >= 0.6 is 0 Å². The van der Waals surface area contributed by atoms with Crippen molar-refractivity contribution in [2.45, 2.75) is 89.6 Å². The van der Waals surface area contributed by atoms with Crippen LogP contribution in [0.1, 0.15) is 88.3 Å². The molecule has 2 saturated heterocycles. The summed E-state index contributed by atoms with van der Waals surface area (Å²) in [6.45, 7) is 9.15. The van der Waals surface area contributed by atoms with Gasteiger partial charge in [0.1, 0.15) is 0 Å². The van der Waals surface area contributed by atoms with Gasteiger partial charge in [-0.25, -0.2) is 0 Å². The quantitative estimate of drug-likeness (QED) is 0.611. The van der Waals surface area contributed by atoms with E-state index in [1.54, 1.807) is 0 Å². The molecule has 3 aliphatic heterocycles. The van der Waals surface area contributed by atoms with Crippen molar-refractivity contribution in [3.63, 3.8) is 0 Å². The molecule has 3 fully saturated rings. The van der Waals surface area contributed by atoms with Crippen LogP contribution in [-0.4, -0.2) is 65.3 Å². The van der Waals surface area contributed by atoms with Crippen molar-refractivity contribution in [3.05, 3.63) is 34.9 Å². The molecule has 36 heavy (non-hydrogen) atoms. The van der Waals surface area contributed by atoms with Crippen LogP contribution in [0.2, 0.25) is 0 Å². The molecule has 5 rings (SSSR count). The molecule has 0 N–H and O–H groups in total. The molecular weight excluding hydrogens is 448 g/mol. The number of amides is 2. The predicted molar refractivity (Wildman–Crippen MR) is 140 cm³/mol. The van der Waals surface area contributed by atoms with Gasteiger partial charge in [0.15, 0.2) is 0 Å². The van der Waals surface area contributed by atoms with Gasteiger partial charge in [0, 0.05) is 38.6 Å². The third-order valence-electron chi connectivity index (χ3n) is 9.72. The fourth-order valence-corrected chi connectivity index (χ4v) is 7.36. The topological polar surface area (TPSA) is 67.7 Å². The zero-order valence-electron chi connectivity index (χ0n) is 22.2. The van der Waals surface area contributed by atoms with Gasteiger partial charge >= 0.3 is 0 Å². The summed E-state index contributed by atoms with van der Waals surface area (Å²) in [5.41, 5.74) is 2.41. The molecule has 1 spiro atoms. The van der Waals surface area contributed by atoms with Gasteiger partial charge in [-0.3, -0.25) is 9.59 Å². The summed E-state index contributed by atoms with van der Waals surface area (Å²) in [6, 6.07) is 8.86. The Labute approximate surface area is 216 Å². The first kappa shape index (κ1) is 25.3. The molecular formula is C30H42N4O2. The van der Waals surface area contributed by atoms with Gasteiger partial charge in [0.05, 0.1) is 17.0 Å². The van der Waals surface area contributed by atoms with Crippen LogP contribution < -0.4 is 0 Å².